The molecule has 3 aromatic rings. The number of rotatable bonds is 2. The van der Waals surface area contributed by atoms with Crippen molar-refractivity contribution in [1.29, 1.82) is 0 Å². The van der Waals surface area contributed by atoms with Gasteiger partial charge in [0.1, 0.15) is 0 Å². The van der Waals surface area contributed by atoms with Gasteiger partial charge >= 0.3 is 0 Å². The molecule has 1 aromatic heterocycles. The first-order chi connectivity index (χ1) is 10.3. The molecule has 0 aliphatic heterocycles. The third-order valence-corrected chi connectivity index (χ3v) is 4.40. The zero-order valence-electron chi connectivity index (χ0n) is 11.2. The second-order valence-electron chi connectivity index (χ2n) is 4.97. The van der Waals surface area contributed by atoms with Crippen LogP contribution in [0.4, 0.5) is 5.13 Å². The van der Waals surface area contributed by atoms with Gasteiger partial charge in [-0.15, -0.1) is 11.3 Å². The van der Waals surface area contributed by atoms with Crippen LogP contribution in [0.2, 0.25) is 0 Å². The standard InChI is InChI=1S/C17H12N2OS/c20-16(19-17-18-8-9-21-17)14-7-3-5-12-10-11-4-1-2-6-13(11)15(12)14/h1-9H,10H2,(H,18,19,20). The number of anilines is 1. The number of hydrogen-bond donors (Lipinski definition) is 1. The van der Waals surface area contributed by atoms with Gasteiger partial charge in [0, 0.05) is 17.1 Å². The summed E-state index contributed by atoms with van der Waals surface area (Å²) in [6.07, 6.45) is 2.58. The van der Waals surface area contributed by atoms with E-state index < -0.39 is 0 Å². The van der Waals surface area contributed by atoms with Gasteiger partial charge in [-0.05, 0) is 34.7 Å². The van der Waals surface area contributed by atoms with Crippen molar-refractivity contribution in [3.05, 3.63) is 70.7 Å². The molecule has 21 heavy (non-hydrogen) atoms. The molecule has 102 valence electrons. The maximum absolute atomic E-state index is 12.5. The van der Waals surface area contributed by atoms with Gasteiger partial charge in [-0.3, -0.25) is 10.1 Å². The van der Waals surface area contributed by atoms with Gasteiger partial charge in [0.15, 0.2) is 5.13 Å². The number of nitrogens with one attached hydrogen (secondary N) is 1. The fraction of sp³-hybridized carbons (Fsp3) is 0.0588. The van der Waals surface area contributed by atoms with Crippen molar-refractivity contribution >= 4 is 22.4 Å². The van der Waals surface area contributed by atoms with E-state index in [4.69, 9.17) is 0 Å². The molecule has 0 atom stereocenters. The highest BCUT2D eigenvalue weighted by molar-refractivity contribution is 7.13. The number of thiazole rings is 1. The van der Waals surface area contributed by atoms with Crippen molar-refractivity contribution < 1.29 is 4.79 Å². The smallest absolute Gasteiger partial charge is 0.258 e. The molecule has 4 heteroatoms. The largest absolute Gasteiger partial charge is 0.298 e. The Morgan fingerprint density at radius 2 is 1.95 bits per heavy atom. The second-order valence-corrected chi connectivity index (χ2v) is 5.86. The van der Waals surface area contributed by atoms with Gasteiger partial charge in [0.25, 0.3) is 5.91 Å². The number of carbonyl (C=O) groups is 1. The van der Waals surface area contributed by atoms with Crippen molar-refractivity contribution in [2.24, 2.45) is 0 Å². The van der Waals surface area contributed by atoms with E-state index in [9.17, 15) is 4.79 Å². The Hall–Kier alpha value is -2.46. The highest BCUT2D eigenvalue weighted by atomic mass is 32.1. The lowest BCUT2D eigenvalue weighted by molar-refractivity contribution is 0.102. The third-order valence-electron chi connectivity index (χ3n) is 3.72. The summed E-state index contributed by atoms with van der Waals surface area (Å²) in [5, 5.41) is 5.34. The number of benzene rings is 2. The van der Waals surface area contributed by atoms with Gasteiger partial charge in [0.2, 0.25) is 0 Å². The fourth-order valence-corrected chi connectivity index (χ4v) is 3.35. The Balaban J connectivity index is 1.79. The first-order valence-electron chi connectivity index (χ1n) is 6.74. The van der Waals surface area contributed by atoms with Crippen LogP contribution in [-0.2, 0) is 6.42 Å². The fourth-order valence-electron chi connectivity index (χ4n) is 2.83. The molecule has 3 nitrogen and oxygen atoms in total. The molecule has 0 bridgehead atoms. The van der Waals surface area contributed by atoms with E-state index in [1.807, 2.05) is 29.6 Å². The van der Waals surface area contributed by atoms with Gasteiger partial charge in [-0.1, -0.05) is 36.4 Å². The summed E-state index contributed by atoms with van der Waals surface area (Å²) in [4.78, 5) is 16.6. The maximum Gasteiger partial charge on any atom is 0.258 e. The summed E-state index contributed by atoms with van der Waals surface area (Å²) in [5.74, 6) is -0.0986. The van der Waals surface area contributed by atoms with Crippen LogP contribution in [0.15, 0.2) is 54.0 Å². The Kier molecular flexibility index (Phi) is 2.82. The van der Waals surface area contributed by atoms with Crippen molar-refractivity contribution in [1.82, 2.24) is 4.98 Å². The van der Waals surface area contributed by atoms with E-state index >= 15 is 0 Å². The molecule has 0 saturated heterocycles. The monoisotopic (exact) mass is 292 g/mol. The average molecular weight is 292 g/mol. The van der Waals surface area contributed by atoms with E-state index in [2.05, 4.69) is 28.5 Å². The SMILES string of the molecule is O=C(Nc1nccs1)c1cccc2c1-c1ccccc1C2. The average Bonchev–Trinajstić information content (AvgIpc) is 3.13. The van der Waals surface area contributed by atoms with Gasteiger partial charge in [-0.2, -0.15) is 0 Å². The van der Waals surface area contributed by atoms with Crippen LogP contribution in [0.3, 0.4) is 0 Å². The molecule has 1 heterocycles. The number of nitrogens with zero attached hydrogens (tertiary/aromatic N) is 1. The van der Waals surface area contributed by atoms with Gasteiger partial charge < -0.3 is 0 Å². The van der Waals surface area contributed by atoms with Crippen molar-refractivity contribution in [3.63, 3.8) is 0 Å². The molecule has 0 radical (unpaired) electrons. The quantitative estimate of drug-likeness (QED) is 0.607. The zero-order chi connectivity index (χ0) is 14.2. The predicted molar refractivity (Wildman–Crippen MR) is 84.8 cm³/mol. The van der Waals surface area contributed by atoms with Crippen LogP contribution in [0.25, 0.3) is 11.1 Å². The minimum atomic E-state index is -0.0986. The zero-order valence-corrected chi connectivity index (χ0v) is 12.0. The minimum absolute atomic E-state index is 0.0986. The van der Waals surface area contributed by atoms with Crippen LogP contribution in [-0.4, -0.2) is 10.9 Å². The molecule has 0 saturated carbocycles. The van der Waals surface area contributed by atoms with E-state index in [0.29, 0.717) is 10.7 Å². The Morgan fingerprint density at radius 1 is 1.10 bits per heavy atom. The lowest BCUT2D eigenvalue weighted by atomic mass is 9.99. The highest BCUT2D eigenvalue weighted by Gasteiger charge is 2.23. The molecule has 1 aliphatic rings. The molecule has 1 aliphatic carbocycles. The van der Waals surface area contributed by atoms with Crippen molar-refractivity contribution in [3.8, 4) is 11.1 Å². The van der Waals surface area contributed by atoms with E-state index in [0.717, 1.165) is 17.5 Å². The maximum atomic E-state index is 12.5. The summed E-state index contributed by atoms with van der Waals surface area (Å²) >= 11 is 1.42. The molecular weight excluding hydrogens is 280 g/mol. The van der Waals surface area contributed by atoms with Gasteiger partial charge in [0.05, 0.1) is 0 Å². The molecule has 0 unspecified atom stereocenters. The third kappa shape index (κ3) is 2.04. The topological polar surface area (TPSA) is 42.0 Å². The van der Waals surface area contributed by atoms with E-state index in [-0.39, 0.29) is 5.91 Å². The first-order valence-corrected chi connectivity index (χ1v) is 7.62. The second kappa shape index (κ2) is 4.82. The number of fused-ring (bicyclic) bond motifs is 3. The van der Waals surface area contributed by atoms with Crippen LogP contribution < -0.4 is 5.32 Å². The summed E-state index contributed by atoms with van der Waals surface area (Å²) < 4.78 is 0. The Labute approximate surface area is 126 Å². The summed E-state index contributed by atoms with van der Waals surface area (Å²) in [6, 6.07) is 14.2. The van der Waals surface area contributed by atoms with Gasteiger partial charge in [-0.25, -0.2) is 4.98 Å². The molecule has 0 fully saturated rings. The van der Waals surface area contributed by atoms with E-state index in [1.54, 1.807) is 6.20 Å². The summed E-state index contributed by atoms with van der Waals surface area (Å²) in [7, 11) is 0. The number of amides is 1. The first kappa shape index (κ1) is 12.3. The Bertz CT molecular complexity index is 825. The number of hydrogen-bond acceptors (Lipinski definition) is 3. The lowest BCUT2D eigenvalue weighted by Crippen LogP contribution is -2.13. The normalized spacial score (nSPS) is 11.8. The molecule has 1 N–H and O–H groups in total. The van der Waals surface area contributed by atoms with Crippen LogP contribution in [0.1, 0.15) is 21.5 Å². The minimum Gasteiger partial charge on any atom is -0.298 e. The molecular formula is C17H12N2OS. The molecule has 1 amide bonds. The van der Waals surface area contributed by atoms with E-state index in [1.165, 1.54) is 22.5 Å². The predicted octanol–water partition coefficient (Wildman–Crippen LogP) is 3.97. The van der Waals surface area contributed by atoms with Crippen LogP contribution in [0, 0.1) is 0 Å². The number of aromatic nitrogens is 1. The lowest BCUT2D eigenvalue weighted by Gasteiger charge is -2.09. The summed E-state index contributed by atoms with van der Waals surface area (Å²) in [5.41, 5.74) is 5.43. The van der Waals surface area contributed by atoms with Crippen LogP contribution >= 0.6 is 11.3 Å². The number of carbonyl (C=O) groups excluding carboxylic acids is 1. The highest BCUT2D eigenvalue weighted by Crippen LogP contribution is 2.38. The van der Waals surface area contributed by atoms with Crippen molar-refractivity contribution in [2.75, 3.05) is 5.32 Å². The molecule has 4 rings (SSSR count). The summed E-state index contributed by atoms with van der Waals surface area (Å²) in [6.45, 7) is 0. The molecule has 0 spiro atoms. The van der Waals surface area contributed by atoms with Crippen molar-refractivity contribution in [2.45, 2.75) is 6.42 Å². The van der Waals surface area contributed by atoms with Crippen LogP contribution in [0.5, 0.6) is 0 Å². The molecule has 2 aromatic carbocycles. The Morgan fingerprint density at radius 3 is 2.81 bits per heavy atom.